The number of fused-ring (bicyclic) bond motifs is 2. The maximum Gasteiger partial charge on any atom is 0.491 e. The predicted octanol–water partition coefficient (Wildman–Crippen LogP) is 3.92. The molecule has 27 heavy (non-hydrogen) atoms. The normalized spacial score (nSPS) is 18.5. The molecular weight excluding hydrogens is 359 g/mol. The van der Waals surface area contributed by atoms with Crippen LogP contribution in [0.25, 0.3) is 11.1 Å². The lowest BCUT2D eigenvalue weighted by Crippen LogP contribution is -2.35. The lowest BCUT2D eigenvalue weighted by atomic mass is 9.77. The van der Waals surface area contributed by atoms with E-state index in [1.807, 2.05) is 31.3 Å². The molecular formula is C20H18F3NO3. The van der Waals surface area contributed by atoms with Gasteiger partial charge in [0.25, 0.3) is 0 Å². The first-order valence-corrected chi connectivity index (χ1v) is 8.62. The van der Waals surface area contributed by atoms with E-state index >= 15 is 0 Å². The summed E-state index contributed by atoms with van der Waals surface area (Å²) in [4.78, 5) is 13.8. The van der Waals surface area contributed by atoms with Crippen LogP contribution in [0.3, 0.4) is 0 Å². The summed E-state index contributed by atoms with van der Waals surface area (Å²) in [5.41, 5.74) is 4.42. The molecule has 0 radical (unpaired) electrons. The van der Waals surface area contributed by atoms with E-state index in [0.717, 1.165) is 29.7 Å². The number of carbonyl (C=O) groups is 1. The lowest BCUT2D eigenvalue weighted by Gasteiger charge is -2.40. The van der Waals surface area contributed by atoms with Gasteiger partial charge < -0.3 is 9.47 Å². The quantitative estimate of drug-likeness (QED) is 0.588. The van der Waals surface area contributed by atoms with Crippen LogP contribution in [0.5, 0.6) is 11.5 Å². The smallest absolute Gasteiger partial charge is 0.491 e. The standard InChI is InChI=1S/C20H18F3NO3/c1-24-9-8-11-4-3-5-13-16(11)14(24)10-12-6-7-15(26-2)18(17(12)13)27-19(25)20(21,22)23/h3-7,14H,8-10H2,1-2H3. The molecule has 0 fully saturated rings. The highest BCUT2D eigenvalue weighted by Crippen LogP contribution is 2.51. The number of ether oxygens (including phenoxy) is 2. The summed E-state index contributed by atoms with van der Waals surface area (Å²) in [6.45, 7) is 0.919. The molecule has 7 heteroatoms. The topological polar surface area (TPSA) is 38.8 Å². The molecule has 2 aliphatic rings. The van der Waals surface area contributed by atoms with E-state index < -0.39 is 12.1 Å². The number of carbonyl (C=O) groups excluding carboxylic acids is 1. The van der Waals surface area contributed by atoms with Crippen molar-refractivity contribution in [2.24, 2.45) is 0 Å². The molecule has 1 heterocycles. The number of esters is 1. The lowest BCUT2D eigenvalue weighted by molar-refractivity contribution is -0.189. The van der Waals surface area contributed by atoms with Gasteiger partial charge in [0.15, 0.2) is 11.5 Å². The van der Waals surface area contributed by atoms with Crippen LogP contribution in [0.2, 0.25) is 0 Å². The number of benzene rings is 2. The minimum atomic E-state index is -5.08. The van der Waals surface area contributed by atoms with Crippen LogP contribution in [0.1, 0.15) is 22.7 Å². The molecule has 0 aromatic heterocycles. The van der Waals surface area contributed by atoms with Crippen LogP contribution in [-0.2, 0) is 17.6 Å². The van der Waals surface area contributed by atoms with E-state index in [4.69, 9.17) is 9.47 Å². The zero-order valence-electron chi connectivity index (χ0n) is 14.9. The maximum atomic E-state index is 12.8. The van der Waals surface area contributed by atoms with Gasteiger partial charge in [-0.2, -0.15) is 13.2 Å². The Balaban J connectivity index is 1.93. The van der Waals surface area contributed by atoms with E-state index in [0.29, 0.717) is 12.0 Å². The molecule has 0 amide bonds. The van der Waals surface area contributed by atoms with Gasteiger partial charge in [0.05, 0.1) is 7.11 Å². The SMILES string of the molecule is COc1ccc2c(c1OC(=O)C(F)(F)F)-c1cccc3c1C(C2)N(C)CC3. The van der Waals surface area contributed by atoms with Gasteiger partial charge >= 0.3 is 12.1 Å². The summed E-state index contributed by atoms with van der Waals surface area (Å²) in [6.07, 6.45) is -3.58. The Labute approximate surface area is 154 Å². The monoisotopic (exact) mass is 377 g/mol. The van der Waals surface area contributed by atoms with Gasteiger partial charge in [0.2, 0.25) is 0 Å². The predicted molar refractivity (Wildman–Crippen MR) is 92.9 cm³/mol. The van der Waals surface area contributed by atoms with Crippen molar-refractivity contribution in [1.29, 1.82) is 0 Å². The molecule has 1 aliphatic carbocycles. The summed E-state index contributed by atoms with van der Waals surface area (Å²) < 4.78 is 48.5. The summed E-state index contributed by atoms with van der Waals surface area (Å²) in [6, 6.07) is 9.34. The Hall–Kier alpha value is -2.54. The van der Waals surface area contributed by atoms with E-state index in [1.54, 1.807) is 6.07 Å². The minimum absolute atomic E-state index is 0.103. The number of alkyl halides is 3. The number of hydrogen-bond donors (Lipinski definition) is 0. The first-order chi connectivity index (χ1) is 12.8. The molecule has 1 aliphatic heterocycles. The minimum Gasteiger partial charge on any atom is -0.493 e. The molecule has 0 saturated carbocycles. The van der Waals surface area contributed by atoms with Crippen LogP contribution >= 0.6 is 0 Å². The third kappa shape index (κ3) is 2.86. The van der Waals surface area contributed by atoms with Gasteiger partial charge in [0.1, 0.15) is 0 Å². The summed E-state index contributed by atoms with van der Waals surface area (Å²) in [5, 5.41) is 0. The average molecular weight is 377 g/mol. The molecule has 4 rings (SSSR count). The molecule has 0 saturated heterocycles. The molecule has 0 spiro atoms. The average Bonchev–Trinajstić information content (AvgIpc) is 2.63. The van der Waals surface area contributed by atoms with Crippen molar-refractivity contribution in [2.45, 2.75) is 25.1 Å². The number of nitrogens with zero attached hydrogens (tertiary/aromatic N) is 1. The Morgan fingerprint density at radius 1 is 1.19 bits per heavy atom. The van der Waals surface area contributed by atoms with Crippen molar-refractivity contribution >= 4 is 5.97 Å². The number of methoxy groups -OCH3 is 1. The van der Waals surface area contributed by atoms with Crippen molar-refractivity contribution in [3.63, 3.8) is 0 Å². The highest BCUT2D eigenvalue weighted by atomic mass is 19.4. The fourth-order valence-electron chi connectivity index (χ4n) is 4.06. The third-order valence-electron chi connectivity index (χ3n) is 5.33. The van der Waals surface area contributed by atoms with E-state index in [-0.39, 0.29) is 17.5 Å². The van der Waals surface area contributed by atoms with Crippen molar-refractivity contribution in [3.05, 3.63) is 47.0 Å². The van der Waals surface area contributed by atoms with Crippen molar-refractivity contribution in [2.75, 3.05) is 20.7 Å². The number of halogens is 3. The van der Waals surface area contributed by atoms with Gasteiger partial charge in [0, 0.05) is 18.2 Å². The van der Waals surface area contributed by atoms with E-state index in [1.165, 1.54) is 12.7 Å². The van der Waals surface area contributed by atoms with Crippen LogP contribution < -0.4 is 9.47 Å². The molecule has 0 bridgehead atoms. The Bertz CT molecular complexity index is 923. The van der Waals surface area contributed by atoms with Crippen LogP contribution in [0.4, 0.5) is 13.2 Å². The summed E-state index contributed by atoms with van der Waals surface area (Å²) in [7, 11) is 3.38. The van der Waals surface area contributed by atoms with Gasteiger partial charge in [-0.15, -0.1) is 0 Å². The van der Waals surface area contributed by atoms with E-state index in [2.05, 4.69) is 4.90 Å². The number of likely N-dealkylation sites (N-methyl/N-ethyl adjacent to an activating group) is 1. The zero-order valence-corrected chi connectivity index (χ0v) is 14.9. The summed E-state index contributed by atoms with van der Waals surface area (Å²) >= 11 is 0. The van der Waals surface area contributed by atoms with Gasteiger partial charge in [-0.1, -0.05) is 24.3 Å². The third-order valence-corrected chi connectivity index (χ3v) is 5.33. The largest absolute Gasteiger partial charge is 0.493 e. The molecule has 1 atom stereocenters. The fraction of sp³-hybridized carbons (Fsp3) is 0.350. The number of rotatable bonds is 2. The molecule has 2 aromatic rings. The second-order valence-electron chi connectivity index (χ2n) is 6.85. The Morgan fingerprint density at radius 3 is 2.67 bits per heavy atom. The van der Waals surface area contributed by atoms with Crippen molar-refractivity contribution in [3.8, 4) is 22.6 Å². The first-order valence-electron chi connectivity index (χ1n) is 8.62. The second-order valence-corrected chi connectivity index (χ2v) is 6.85. The molecule has 1 unspecified atom stereocenters. The van der Waals surface area contributed by atoms with Crippen LogP contribution in [-0.4, -0.2) is 37.7 Å². The molecule has 2 aromatic carbocycles. The number of hydrogen-bond acceptors (Lipinski definition) is 4. The van der Waals surface area contributed by atoms with Gasteiger partial charge in [-0.25, -0.2) is 4.79 Å². The van der Waals surface area contributed by atoms with E-state index in [9.17, 15) is 18.0 Å². The first kappa shape index (κ1) is 17.9. The van der Waals surface area contributed by atoms with Crippen molar-refractivity contribution in [1.82, 2.24) is 4.90 Å². The molecule has 142 valence electrons. The highest BCUT2D eigenvalue weighted by Gasteiger charge is 2.43. The van der Waals surface area contributed by atoms with Gasteiger partial charge in [-0.3, -0.25) is 4.90 Å². The Morgan fingerprint density at radius 2 is 1.96 bits per heavy atom. The zero-order chi connectivity index (χ0) is 19.3. The Kier molecular flexibility index (Phi) is 4.14. The fourth-order valence-corrected chi connectivity index (χ4v) is 4.06. The van der Waals surface area contributed by atoms with Crippen LogP contribution in [0.15, 0.2) is 30.3 Å². The van der Waals surface area contributed by atoms with Crippen LogP contribution in [0, 0.1) is 0 Å². The maximum absolute atomic E-state index is 12.8. The van der Waals surface area contributed by atoms with Gasteiger partial charge in [-0.05, 0) is 48.2 Å². The highest BCUT2D eigenvalue weighted by molar-refractivity contribution is 5.87. The second kappa shape index (κ2) is 6.27. The molecule has 4 nitrogen and oxygen atoms in total. The summed E-state index contributed by atoms with van der Waals surface area (Å²) in [5.74, 6) is -2.32. The molecule has 0 N–H and O–H groups in total. The van der Waals surface area contributed by atoms with Crippen molar-refractivity contribution < 1.29 is 27.4 Å².